The first-order valence-electron chi connectivity index (χ1n) is 11.7. The van der Waals surface area contributed by atoms with E-state index in [1.807, 2.05) is 0 Å². The summed E-state index contributed by atoms with van der Waals surface area (Å²) in [7, 11) is -2.48. The van der Waals surface area contributed by atoms with Gasteiger partial charge in [-0.15, -0.1) is 0 Å². The van der Waals surface area contributed by atoms with Crippen molar-refractivity contribution in [2.24, 2.45) is 5.92 Å². The van der Waals surface area contributed by atoms with Crippen LogP contribution < -0.4 is 5.32 Å². The molecule has 0 saturated heterocycles. The fourth-order valence-corrected chi connectivity index (χ4v) is 5.76. The van der Waals surface area contributed by atoms with Gasteiger partial charge in [-0.05, 0) is 30.0 Å². The molecule has 1 aromatic heterocycles. The molecule has 0 aliphatic heterocycles. The van der Waals surface area contributed by atoms with Crippen molar-refractivity contribution < 1.29 is 27.9 Å². The highest BCUT2D eigenvalue weighted by Gasteiger charge is 2.29. The van der Waals surface area contributed by atoms with Crippen molar-refractivity contribution in [3.63, 3.8) is 0 Å². The number of rotatable bonds is 13. The van der Waals surface area contributed by atoms with Crippen LogP contribution in [0.4, 0.5) is 5.82 Å². The number of hydrogen-bond acceptors (Lipinski definition) is 7. The minimum absolute atomic E-state index is 0.0386. The van der Waals surface area contributed by atoms with Gasteiger partial charge in [-0.2, -0.15) is 4.31 Å². The van der Waals surface area contributed by atoms with E-state index in [2.05, 4.69) is 15.3 Å². The van der Waals surface area contributed by atoms with Gasteiger partial charge in [-0.1, -0.05) is 37.8 Å². The number of carboxylic acid groups (broad SMARTS) is 1. The number of carbonyl (C=O) groups is 2. The number of nitrogens with one attached hydrogen (secondary N) is 1. The first kappa shape index (κ1) is 26.7. The van der Waals surface area contributed by atoms with Crippen LogP contribution in [0.1, 0.15) is 50.0 Å². The largest absolute Gasteiger partial charge is 0.481 e. The summed E-state index contributed by atoms with van der Waals surface area (Å²) in [5.74, 6) is -0.969. The monoisotopic (exact) mass is 504 g/mol. The Bertz CT molecular complexity index is 1070. The highest BCUT2D eigenvalue weighted by Crippen LogP contribution is 2.35. The highest BCUT2D eigenvalue weighted by molar-refractivity contribution is 7.89. The van der Waals surface area contributed by atoms with Gasteiger partial charge in [0.1, 0.15) is 0 Å². The molecule has 0 unspecified atom stereocenters. The number of carboxylic acids is 1. The van der Waals surface area contributed by atoms with Crippen LogP contribution in [0.2, 0.25) is 0 Å². The molecule has 2 N–H and O–H groups in total. The Morgan fingerprint density at radius 3 is 2.49 bits per heavy atom. The summed E-state index contributed by atoms with van der Waals surface area (Å²) < 4.78 is 32.4. The lowest BCUT2D eigenvalue weighted by Gasteiger charge is -2.23. The molecular formula is C24H32N4O6S. The van der Waals surface area contributed by atoms with Gasteiger partial charge in [0.05, 0.1) is 30.0 Å². The van der Waals surface area contributed by atoms with Gasteiger partial charge in [-0.25, -0.2) is 13.4 Å². The zero-order valence-electron chi connectivity index (χ0n) is 19.8. The molecule has 35 heavy (non-hydrogen) atoms. The summed E-state index contributed by atoms with van der Waals surface area (Å²) in [6, 6.07) is 6.27. The van der Waals surface area contributed by atoms with Crippen LogP contribution in [-0.4, -0.2) is 66.5 Å². The molecule has 0 bridgehead atoms. The fourth-order valence-electron chi connectivity index (χ4n) is 4.34. The molecule has 11 heteroatoms. The molecule has 1 saturated carbocycles. The van der Waals surface area contributed by atoms with Crippen molar-refractivity contribution >= 4 is 27.7 Å². The van der Waals surface area contributed by atoms with Crippen LogP contribution >= 0.6 is 0 Å². The van der Waals surface area contributed by atoms with Crippen molar-refractivity contribution in [3.05, 3.63) is 48.4 Å². The third kappa shape index (κ3) is 7.55. The smallest absolute Gasteiger partial charge is 0.304 e. The minimum atomic E-state index is -3.93. The lowest BCUT2D eigenvalue weighted by Crippen LogP contribution is -2.35. The Kier molecular flexibility index (Phi) is 9.70. The Balaban J connectivity index is 1.82. The van der Waals surface area contributed by atoms with Crippen LogP contribution in [0.25, 0.3) is 0 Å². The number of carbonyl (C=O) groups excluding carboxylic acids is 1. The van der Waals surface area contributed by atoms with Gasteiger partial charge >= 0.3 is 5.97 Å². The SMILES string of the molecule is COCCN(CCC(=O)O)S(=O)(=O)c1ccc([C@@H](CC2CCCC2)C(=O)Nc2cnccn2)cc1. The normalized spacial score (nSPS) is 15.3. The second-order valence-corrected chi connectivity index (χ2v) is 10.6. The quantitative estimate of drug-likeness (QED) is 0.425. The summed E-state index contributed by atoms with van der Waals surface area (Å²) >= 11 is 0. The van der Waals surface area contributed by atoms with Crippen molar-refractivity contribution in [3.8, 4) is 0 Å². The number of benzene rings is 1. The zero-order valence-corrected chi connectivity index (χ0v) is 20.6. The van der Waals surface area contributed by atoms with E-state index in [4.69, 9.17) is 9.84 Å². The van der Waals surface area contributed by atoms with Crippen molar-refractivity contribution in [2.75, 3.05) is 32.1 Å². The van der Waals surface area contributed by atoms with Crippen LogP contribution in [-0.2, 0) is 24.3 Å². The fraction of sp³-hybridized carbons (Fsp3) is 0.500. The van der Waals surface area contributed by atoms with Crippen LogP contribution in [0.3, 0.4) is 0 Å². The molecule has 1 atom stereocenters. The molecule has 2 aromatic rings. The van der Waals surface area contributed by atoms with Crippen molar-refractivity contribution in [2.45, 2.75) is 49.3 Å². The number of amides is 1. The Hall–Kier alpha value is -2.89. The van der Waals surface area contributed by atoms with Crippen molar-refractivity contribution in [1.82, 2.24) is 14.3 Å². The summed E-state index contributed by atoms with van der Waals surface area (Å²) in [6.07, 6.45) is 9.29. The van der Waals surface area contributed by atoms with Gasteiger partial charge in [0, 0.05) is 32.6 Å². The summed E-state index contributed by atoms with van der Waals surface area (Å²) in [5, 5.41) is 11.8. The lowest BCUT2D eigenvalue weighted by molar-refractivity contribution is -0.137. The number of anilines is 1. The zero-order chi connectivity index (χ0) is 25.3. The molecule has 1 amide bonds. The number of aliphatic carboxylic acids is 1. The lowest BCUT2D eigenvalue weighted by atomic mass is 9.87. The summed E-state index contributed by atoms with van der Waals surface area (Å²) in [4.78, 5) is 32.3. The number of aromatic nitrogens is 2. The number of hydrogen-bond donors (Lipinski definition) is 2. The number of sulfonamides is 1. The van der Waals surface area contributed by atoms with E-state index in [-0.39, 0.29) is 36.9 Å². The van der Waals surface area contributed by atoms with Gasteiger partial charge in [0.15, 0.2) is 5.82 Å². The second kappa shape index (κ2) is 12.7. The molecule has 1 aliphatic carbocycles. The summed E-state index contributed by atoms with van der Waals surface area (Å²) in [5.41, 5.74) is 0.714. The van der Waals surface area contributed by atoms with Crippen molar-refractivity contribution in [1.29, 1.82) is 0 Å². The molecule has 1 heterocycles. The number of ether oxygens (including phenoxy) is 1. The molecule has 0 spiro atoms. The summed E-state index contributed by atoms with van der Waals surface area (Å²) in [6.45, 7) is 0.0230. The maximum absolute atomic E-state index is 13.2. The molecular weight excluding hydrogens is 472 g/mol. The number of methoxy groups -OCH3 is 1. The average molecular weight is 505 g/mol. The van der Waals surface area contributed by atoms with E-state index in [1.165, 1.54) is 37.8 Å². The first-order valence-corrected chi connectivity index (χ1v) is 13.1. The predicted molar refractivity (Wildman–Crippen MR) is 129 cm³/mol. The van der Waals surface area contributed by atoms with Gasteiger partial charge < -0.3 is 15.2 Å². The van der Waals surface area contributed by atoms with Crippen LogP contribution in [0.15, 0.2) is 47.8 Å². The standard InChI is InChI=1S/C24H32N4O6S/c1-34-15-14-28(13-10-23(29)30)35(32,33)20-8-6-19(7-9-20)21(16-18-4-2-3-5-18)24(31)27-22-17-25-11-12-26-22/h6-9,11-12,17-18,21H,2-5,10,13-16H2,1H3,(H,29,30)(H,26,27,31)/t21-/m1/s1. The topological polar surface area (TPSA) is 139 Å². The van der Waals surface area contributed by atoms with Gasteiger partial charge in [0.2, 0.25) is 15.9 Å². The van der Waals surface area contributed by atoms with E-state index >= 15 is 0 Å². The van der Waals surface area contributed by atoms with E-state index in [9.17, 15) is 18.0 Å². The second-order valence-electron chi connectivity index (χ2n) is 8.63. The molecule has 3 rings (SSSR count). The average Bonchev–Trinajstić information content (AvgIpc) is 3.36. The molecule has 10 nitrogen and oxygen atoms in total. The third-order valence-electron chi connectivity index (χ3n) is 6.21. The molecule has 190 valence electrons. The van der Waals surface area contributed by atoms with E-state index in [1.54, 1.807) is 12.1 Å². The Labute approximate surface area is 205 Å². The molecule has 1 aromatic carbocycles. The minimum Gasteiger partial charge on any atom is -0.481 e. The third-order valence-corrected chi connectivity index (χ3v) is 8.13. The van der Waals surface area contributed by atoms with E-state index < -0.39 is 21.9 Å². The van der Waals surface area contributed by atoms with E-state index in [0.29, 0.717) is 23.7 Å². The number of nitrogens with zero attached hydrogens (tertiary/aromatic N) is 3. The Morgan fingerprint density at radius 2 is 1.89 bits per heavy atom. The van der Waals surface area contributed by atoms with Gasteiger partial charge in [0.25, 0.3) is 0 Å². The first-order chi connectivity index (χ1) is 16.8. The molecule has 0 radical (unpaired) electrons. The van der Waals surface area contributed by atoms with E-state index in [0.717, 1.165) is 30.0 Å². The molecule has 1 aliphatic rings. The molecule has 1 fully saturated rings. The van der Waals surface area contributed by atoms with Gasteiger partial charge in [-0.3, -0.25) is 14.6 Å². The van der Waals surface area contributed by atoms with Crippen LogP contribution in [0.5, 0.6) is 0 Å². The maximum Gasteiger partial charge on any atom is 0.304 e. The highest BCUT2D eigenvalue weighted by atomic mass is 32.2. The maximum atomic E-state index is 13.2. The van der Waals surface area contributed by atoms with Crippen LogP contribution in [0, 0.1) is 5.92 Å². The predicted octanol–water partition coefficient (Wildman–Crippen LogP) is 2.89. The Morgan fingerprint density at radius 1 is 1.17 bits per heavy atom.